The maximum Gasteiger partial charge on any atom is 0.228 e. The van der Waals surface area contributed by atoms with E-state index in [1.54, 1.807) is 0 Å². The van der Waals surface area contributed by atoms with Crippen LogP contribution in [0, 0.1) is 5.92 Å². The number of nitrogens with zero attached hydrogens (tertiary/aromatic N) is 2. The average Bonchev–Trinajstić information content (AvgIpc) is 2.35. The van der Waals surface area contributed by atoms with Gasteiger partial charge in [-0.15, -0.1) is 0 Å². The molecule has 0 spiro atoms. The van der Waals surface area contributed by atoms with Crippen molar-refractivity contribution < 1.29 is 4.79 Å². The molecule has 0 saturated heterocycles. The number of hydrogen-bond donors (Lipinski definition) is 2. The van der Waals surface area contributed by atoms with Gasteiger partial charge in [-0.1, -0.05) is 29.6 Å². The van der Waals surface area contributed by atoms with Crippen molar-refractivity contribution in [3.63, 3.8) is 0 Å². The van der Waals surface area contributed by atoms with Gasteiger partial charge in [0.25, 0.3) is 0 Å². The number of rotatable bonds is 2. The summed E-state index contributed by atoms with van der Waals surface area (Å²) in [4.78, 5) is 19.7. The first-order chi connectivity index (χ1) is 8.58. The lowest BCUT2D eigenvalue weighted by Gasteiger charge is -2.25. The van der Waals surface area contributed by atoms with E-state index in [1.807, 2.05) is 0 Å². The summed E-state index contributed by atoms with van der Waals surface area (Å²) in [5, 5.41) is 2.97. The van der Waals surface area contributed by atoms with Gasteiger partial charge in [-0.3, -0.25) is 4.79 Å². The van der Waals surface area contributed by atoms with Gasteiger partial charge >= 0.3 is 0 Å². The molecule has 18 heavy (non-hydrogen) atoms. The van der Waals surface area contributed by atoms with Gasteiger partial charge in [0.1, 0.15) is 11.3 Å². The number of nitrogens with two attached hydrogens (primary N) is 1. The molecule has 0 bridgehead atoms. The smallest absolute Gasteiger partial charge is 0.228 e. The van der Waals surface area contributed by atoms with Crippen LogP contribution >= 0.6 is 23.2 Å². The molecular formula is C11H14Cl2N4O. The van der Waals surface area contributed by atoms with Gasteiger partial charge in [-0.05, 0) is 19.3 Å². The van der Waals surface area contributed by atoms with Crippen molar-refractivity contribution in [3.8, 4) is 0 Å². The minimum absolute atomic E-state index is 0.0847. The highest BCUT2D eigenvalue weighted by Crippen LogP contribution is 2.28. The number of anilines is 1. The molecule has 0 radical (unpaired) electrons. The van der Waals surface area contributed by atoms with E-state index in [1.165, 1.54) is 6.33 Å². The predicted octanol–water partition coefficient (Wildman–Crippen LogP) is 2.24. The Labute approximate surface area is 115 Å². The number of nitrogens with one attached hydrogen (secondary N) is 1. The Morgan fingerprint density at radius 2 is 2.17 bits per heavy atom. The van der Waals surface area contributed by atoms with Crippen LogP contribution in [0.3, 0.4) is 0 Å². The fourth-order valence-corrected chi connectivity index (χ4v) is 2.40. The highest BCUT2D eigenvalue weighted by Gasteiger charge is 2.26. The number of carbonyl (C=O) groups excluding carboxylic acids is 1. The van der Waals surface area contributed by atoms with E-state index in [9.17, 15) is 4.79 Å². The van der Waals surface area contributed by atoms with Crippen LogP contribution in [0.1, 0.15) is 25.7 Å². The lowest BCUT2D eigenvalue weighted by molar-refractivity contribution is -0.120. The minimum atomic E-state index is -0.109. The summed E-state index contributed by atoms with van der Waals surface area (Å²) in [6.45, 7) is 0. The molecule has 2 unspecified atom stereocenters. The van der Waals surface area contributed by atoms with E-state index in [0.717, 1.165) is 19.3 Å². The van der Waals surface area contributed by atoms with E-state index in [2.05, 4.69) is 15.3 Å². The first-order valence-electron chi connectivity index (χ1n) is 5.80. The zero-order chi connectivity index (χ0) is 13.1. The fourth-order valence-electron chi connectivity index (χ4n) is 2.12. The third-order valence-electron chi connectivity index (χ3n) is 3.07. The third kappa shape index (κ3) is 3.10. The Morgan fingerprint density at radius 3 is 2.89 bits per heavy atom. The van der Waals surface area contributed by atoms with E-state index in [-0.39, 0.29) is 33.9 Å². The van der Waals surface area contributed by atoms with Crippen LogP contribution in [0.25, 0.3) is 0 Å². The SMILES string of the molecule is NC1CCCC(C(=O)Nc2ncnc(Cl)c2Cl)C1. The normalized spacial score (nSPS) is 23.7. The van der Waals surface area contributed by atoms with Crippen molar-refractivity contribution in [2.45, 2.75) is 31.7 Å². The molecule has 0 aliphatic heterocycles. The number of hydrogen-bond acceptors (Lipinski definition) is 4. The lowest BCUT2D eigenvalue weighted by Crippen LogP contribution is -2.34. The summed E-state index contributed by atoms with van der Waals surface area (Å²) in [5.41, 5.74) is 5.86. The second-order valence-electron chi connectivity index (χ2n) is 4.44. The minimum Gasteiger partial charge on any atom is -0.328 e. The Morgan fingerprint density at radius 1 is 1.39 bits per heavy atom. The standard InChI is InChI=1S/C11H14Cl2N4O/c12-8-9(13)15-5-16-10(8)17-11(18)6-2-1-3-7(14)4-6/h5-7H,1-4,14H2,(H,15,16,17,18). The zero-order valence-electron chi connectivity index (χ0n) is 9.70. The van der Waals surface area contributed by atoms with Gasteiger partial charge < -0.3 is 11.1 Å². The monoisotopic (exact) mass is 288 g/mol. The summed E-state index contributed by atoms with van der Waals surface area (Å²) in [6, 6.07) is 0.0963. The van der Waals surface area contributed by atoms with Crippen LogP contribution < -0.4 is 11.1 Å². The molecule has 1 aromatic rings. The van der Waals surface area contributed by atoms with Crippen molar-refractivity contribution in [2.75, 3.05) is 5.32 Å². The second-order valence-corrected chi connectivity index (χ2v) is 5.18. The number of amides is 1. The van der Waals surface area contributed by atoms with Crippen molar-refractivity contribution in [1.82, 2.24) is 9.97 Å². The van der Waals surface area contributed by atoms with Crippen molar-refractivity contribution in [2.24, 2.45) is 11.7 Å². The quantitative estimate of drug-likeness (QED) is 0.818. The summed E-state index contributed by atoms with van der Waals surface area (Å²) >= 11 is 11.7. The fraction of sp³-hybridized carbons (Fsp3) is 0.545. The number of carbonyl (C=O) groups is 1. The van der Waals surface area contributed by atoms with Crippen LogP contribution in [-0.2, 0) is 4.79 Å². The number of aromatic nitrogens is 2. The maximum atomic E-state index is 12.0. The van der Waals surface area contributed by atoms with E-state index in [4.69, 9.17) is 28.9 Å². The molecule has 1 fully saturated rings. The molecule has 7 heteroatoms. The molecule has 1 aliphatic rings. The van der Waals surface area contributed by atoms with Crippen LogP contribution in [0.4, 0.5) is 5.82 Å². The van der Waals surface area contributed by atoms with Crippen LogP contribution in [0.15, 0.2) is 6.33 Å². The molecule has 1 saturated carbocycles. The summed E-state index contributed by atoms with van der Waals surface area (Å²) in [7, 11) is 0. The Hall–Kier alpha value is -0.910. The van der Waals surface area contributed by atoms with Gasteiger partial charge in [0.15, 0.2) is 11.0 Å². The van der Waals surface area contributed by atoms with Crippen LogP contribution in [-0.4, -0.2) is 21.9 Å². The summed E-state index contributed by atoms with van der Waals surface area (Å²) in [5.74, 6) is 0.0567. The average molecular weight is 289 g/mol. The molecule has 2 rings (SSSR count). The van der Waals surface area contributed by atoms with Gasteiger partial charge in [0.05, 0.1) is 0 Å². The lowest BCUT2D eigenvalue weighted by atomic mass is 9.85. The highest BCUT2D eigenvalue weighted by molar-refractivity contribution is 6.42. The van der Waals surface area contributed by atoms with Crippen LogP contribution in [0.2, 0.25) is 10.2 Å². The van der Waals surface area contributed by atoms with Crippen molar-refractivity contribution in [3.05, 3.63) is 16.5 Å². The maximum absolute atomic E-state index is 12.0. The molecule has 3 N–H and O–H groups in total. The van der Waals surface area contributed by atoms with Crippen LogP contribution in [0.5, 0.6) is 0 Å². The molecule has 1 aliphatic carbocycles. The Kier molecular flexibility index (Phi) is 4.37. The highest BCUT2D eigenvalue weighted by atomic mass is 35.5. The first-order valence-corrected chi connectivity index (χ1v) is 6.56. The van der Waals surface area contributed by atoms with Gasteiger partial charge in [0.2, 0.25) is 5.91 Å². The Balaban J connectivity index is 2.04. The predicted molar refractivity (Wildman–Crippen MR) is 70.6 cm³/mol. The Bertz CT molecular complexity index is 455. The second kappa shape index (κ2) is 5.82. The van der Waals surface area contributed by atoms with Gasteiger partial charge in [-0.25, -0.2) is 9.97 Å². The van der Waals surface area contributed by atoms with E-state index in [0.29, 0.717) is 6.42 Å². The van der Waals surface area contributed by atoms with Gasteiger partial charge in [-0.2, -0.15) is 0 Å². The topological polar surface area (TPSA) is 80.9 Å². The first kappa shape index (κ1) is 13.5. The summed E-state index contributed by atoms with van der Waals surface area (Å²) in [6.07, 6.45) is 4.75. The van der Waals surface area contributed by atoms with Gasteiger partial charge in [0, 0.05) is 12.0 Å². The molecule has 98 valence electrons. The largest absolute Gasteiger partial charge is 0.328 e. The molecule has 0 aromatic carbocycles. The molecule has 1 amide bonds. The number of halogens is 2. The van der Waals surface area contributed by atoms with Crippen molar-refractivity contribution >= 4 is 34.9 Å². The third-order valence-corrected chi connectivity index (χ3v) is 3.82. The summed E-state index contributed by atoms with van der Waals surface area (Å²) < 4.78 is 0. The van der Waals surface area contributed by atoms with E-state index < -0.39 is 0 Å². The van der Waals surface area contributed by atoms with E-state index >= 15 is 0 Å². The van der Waals surface area contributed by atoms with Crippen molar-refractivity contribution in [1.29, 1.82) is 0 Å². The zero-order valence-corrected chi connectivity index (χ0v) is 11.2. The molecule has 1 aromatic heterocycles. The molecular weight excluding hydrogens is 275 g/mol. The molecule has 2 atom stereocenters. The molecule has 1 heterocycles. The molecule has 5 nitrogen and oxygen atoms in total.